The van der Waals surface area contributed by atoms with E-state index >= 15 is 0 Å². The maximum absolute atomic E-state index is 11.5. The lowest BCUT2D eigenvalue weighted by Crippen LogP contribution is -2.56. The third-order valence-electron chi connectivity index (χ3n) is 6.19. The second-order valence-electron chi connectivity index (χ2n) is 9.88. The molecule has 0 spiro atoms. The fourth-order valence-electron chi connectivity index (χ4n) is 4.81. The lowest BCUT2D eigenvalue weighted by molar-refractivity contribution is -0.236. The van der Waals surface area contributed by atoms with Crippen molar-refractivity contribution in [3.05, 3.63) is 52.6 Å². The standard InChI is InChI=1S/C24H27N3O8/c1-23(2)32-19-17(31-22-21(20(19)33-23)34-24(3,4)35-22)11-27-10-14(25-26-27)12-29-15-7-5-13-6-8-18(28)30-16(13)9-15/h5-10,17,19-22H,11-12H2,1-4H3. The van der Waals surface area contributed by atoms with E-state index in [4.69, 9.17) is 32.8 Å². The number of rotatable bonds is 5. The highest BCUT2D eigenvalue weighted by molar-refractivity contribution is 5.77. The molecule has 2 aromatic heterocycles. The smallest absolute Gasteiger partial charge is 0.336 e. The fraction of sp³-hybridized carbons (Fsp3) is 0.542. The average Bonchev–Trinajstić information content (AvgIpc) is 3.45. The molecule has 3 saturated heterocycles. The second kappa shape index (κ2) is 8.10. The molecule has 0 saturated carbocycles. The number of hydrogen-bond acceptors (Lipinski definition) is 10. The van der Waals surface area contributed by atoms with E-state index in [1.165, 1.54) is 6.07 Å². The van der Waals surface area contributed by atoms with Gasteiger partial charge >= 0.3 is 5.63 Å². The molecule has 11 heteroatoms. The lowest BCUT2D eigenvalue weighted by Gasteiger charge is -2.37. The van der Waals surface area contributed by atoms with Crippen LogP contribution < -0.4 is 10.4 Å². The van der Waals surface area contributed by atoms with Crippen LogP contribution in [-0.4, -0.2) is 57.3 Å². The third-order valence-corrected chi connectivity index (χ3v) is 6.19. The molecule has 35 heavy (non-hydrogen) atoms. The molecule has 6 rings (SSSR count). The monoisotopic (exact) mass is 485 g/mol. The SMILES string of the molecule is CC1(C)OC2OC(Cn3cc(COc4ccc5ccc(=O)oc5c4)nn3)C3OC(C)(C)OC3C2O1. The van der Waals surface area contributed by atoms with Crippen molar-refractivity contribution in [3.8, 4) is 5.75 Å². The molecule has 0 radical (unpaired) electrons. The first kappa shape index (κ1) is 22.6. The Kier molecular flexibility index (Phi) is 5.24. The molecule has 0 amide bonds. The summed E-state index contributed by atoms with van der Waals surface area (Å²) in [6.45, 7) is 8.05. The lowest BCUT2D eigenvalue weighted by atomic mass is 9.99. The normalized spacial score (nSPS) is 30.8. The van der Waals surface area contributed by atoms with Gasteiger partial charge in [0.2, 0.25) is 0 Å². The molecule has 3 fully saturated rings. The molecule has 3 aliphatic heterocycles. The topological polar surface area (TPSA) is 116 Å². The summed E-state index contributed by atoms with van der Waals surface area (Å²) >= 11 is 0. The van der Waals surface area contributed by atoms with Crippen LogP contribution in [0.15, 0.2) is 45.7 Å². The van der Waals surface area contributed by atoms with Crippen LogP contribution in [-0.2, 0) is 36.8 Å². The summed E-state index contributed by atoms with van der Waals surface area (Å²) in [4.78, 5) is 11.5. The van der Waals surface area contributed by atoms with Gasteiger partial charge in [-0.1, -0.05) is 5.21 Å². The molecule has 3 aliphatic rings. The summed E-state index contributed by atoms with van der Waals surface area (Å²) in [5.41, 5.74) is 0.688. The zero-order valence-corrected chi connectivity index (χ0v) is 19.9. The van der Waals surface area contributed by atoms with E-state index in [1.54, 1.807) is 23.0 Å². The van der Waals surface area contributed by atoms with Gasteiger partial charge in [-0.3, -0.25) is 0 Å². The quantitative estimate of drug-likeness (QED) is 0.499. The minimum absolute atomic E-state index is 0.197. The first-order valence-corrected chi connectivity index (χ1v) is 11.6. The summed E-state index contributed by atoms with van der Waals surface area (Å²) in [7, 11) is 0. The van der Waals surface area contributed by atoms with Crippen LogP contribution in [0.5, 0.6) is 5.75 Å². The molecule has 0 aliphatic carbocycles. The Balaban J connectivity index is 1.14. The highest BCUT2D eigenvalue weighted by atomic mass is 16.9. The van der Waals surface area contributed by atoms with Crippen LogP contribution in [0.4, 0.5) is 0 Å². The van der Waals surface area contributed by atoms with Gasteiger partial charge in [-0.15, -0.1) is 5.10 Å². The zero-order valence-electron chi connectivity index (χ0n) is 19.9. The molecule has 5 unspecified atom stereocenters. The summed E-state index contributed by atoms with van der Waals surface area (Å²) in [6.07, 6.45) is -0.191. The summed E-state index contributed by atoms with van der Waals surface area (Å²) < 4.78 is 43.3. The van der Waals surface area contributed by atoms with Gasteiger partial charge < -0.3 is 32.8 Å². The number of benzene rings is 1. The van der Waals surface area contributed by atoms with Crippen molar-refractivity contribution in [1.29, 1.82) is 0 Å². The first-order chi connectivity index (χ1) is 16.6. The van der Waals surface area contributed by atoms with E-state index in [9.17, 15) is 4.79 Å². The minimum Gasteiger partial charge on any atom is -0.487 e. The van der Waals surface area contributed by atoms with Gasteiger partial charge in [-0.2, -0.15) is 0 Å². The van der Waals surface area contributed by atoms with Crippen molar-refractivity contribution in [2.24, 2.45) is 0 Å². The Morgan fingerprint density at radius 1 is 0.971 bits per heavy atom. The molecule has 5 heterocycles. The first-order valence-electron chi connectivity index (χ1n) is 11.6. The predicted molar refractivity (Wildman–Crippen MR) is 119 cm³/mol. The van der Waals surface area contributed by atoms with E-state index in [2.05, 4.69) is 10.3 Å². The molecule has 0 bridgehead atoms. The molecule has 3 aromatic rings. The summed E-state index contributed by atoms with van der Waals surface area (Å²) in [6, 6.07) is 8.41. The van der Waals surface area contributed by atoms with Crippen molar-refractivity contribution in [2.75, 3.05) is 0 Å². The van der Waals surface area contributed by atoms with E-state index in [0.29, 0.717) is 23.6 Å². The van der Waals surface area contributed by atoms with Gasteiger partial charge in [0.15, 0.2) is 17.9 Å². The molecule has 5 atom stereocenters. The number of hydrogen-bond donors (Lipinski definition) is 0. The molecular weight excluding hydrogens is 458 g/mol. The van der Waals surface area contributed by atoms with E-state index in [-0.39, 0.29) is 31.0 Å². The largest absolute Gasteiger partial charge is 0.487 e. The number of nitrogens with zero attached hydrogens (tertiary/aromatic N) is 3. The fourth-order valence-corrected chi connectivity index (χ4v) is 4.81. The summed E-state index contributed by atoms with van der Waals surface area (Å²) in [5.74, 6) is -0.971. The van der Waals surface area contributed by atoms with Gasteiger partial charge in [0, 0.05) is 17.5 Å². The Morgan fingerprint density at radius 2 is 1.71 bits per heavy atom. The van der Waals surface area contributed by atoms with E-state index in [1.807, 2.05) is 39.8 Å². The number of ether oxygens (including phenoxy) is 6. The number of fused-ring (bicyclic) bond motifs is 4. The molecule has 1 aromatic carbocycles. The van der Waals surface area contributed by atoms with Crippen LogP contribution in [0.25, 0.3) is 11.0 Å². The highest BCUT2D eigenvalue weighted by Gasteiger charge is 2.60. The van der Waals surface area contributed by atoms with Gasteiger partial charge in [-0.25, -0.2) is 9.48 Å². The summed E-state index contributed by atoms with van der Waals surface area (Å²) in [5, 5.41) is 9.25. The third kappa shape index (κ3) is 4.45. The minimum atomic E-state index is -0.770. The highest BCUT2D eigenvalue weighted by Crippen LogP contribution is 2.44. The van der Waals surface area contributed by atoms with Crippen LogP contribution in [0.3, 0.4) is 0 Å². The van der Waals surface area contributed by atoms with Gasteiger partial charge in [0.05, 0.1) is 12.7 Å². The van der Waals surface area contributed by atoms with Crippen molar-refractivity contribution >= 4 is 11.0 Å². The maximum atomic E-state index is 11.5. The molecule has 186 valence electrons. The van der Waals surface area contributed by atoms with Crippen molar-refractivity contribution < 1.29 is 32.8 Å². The average molecular weight is 485 g/mol. The Labute approximate surface area is 200 Å². The van der Waals surface area contributed by atoms with Crippen LogP contribution in [0.1, 0.15) is 33.4 Å². The van der Waals surface area contributed by atoms with E-state index in [0.717, 1.165) is 5.39 Å². The van der Waals surface area contributed by atoms with Gasteiger partial charge in [0.1, 0.15) is 48.0 Å². The van der Waals surface area contributed by atoms with Gasteiger partial charge in [0.25, 0.3) is 0 Å². The Morgan fingerprint density at radius 3 is 2.57 bits per heavy atom. The maximum Gasteiger partial charge on any atom is 0.336 e. The zero-order chi connectivity index (χ0) is 24.4. The van der Waals surface area contributed by atoms with Crippen LogP contribution >= 0.6 is 0 Å². The van der Waals surface area contributed by atoms with Gasteiger partial charge in [-0.05, 0) is 45.9 Å². The predicted octanol–water partition coefficient (Wildman–Crippen LogP) is 2.36. The van der Waals surface area contributed by atoms with Crippen molar-refractivity contribution in [1.82, 2.24) is 15.0 Å². The van der Waals surface area contributed by atoms with E-state index < -0.39 is 23.5 Å². The molecule has 0 N–H and O–H groups in total. The van der Waals surface area contributed by atoms with Crippen molar-refractivity contribution in [2.45, 2.75) is 83.1 Å². The van der Waals surface area contributed by atoms with Crippen LogP contribution in [0.2, 0.25) is 0 Å². The molecule has 11 nitrogen and oxygen atoms in total. The molecular formula is C24H27N3O8. The van der Waals surface area contributed by atoms with Crippen molar-refractivity contribution in [3.63, 3.8) is 0 Å². The second-order valence-corrected chi connectivity index (χ2v) is 9.88. The Bertz CT molecular complexity index is 1300. The van der Waals surface area contributed by atoms with Crippen LogP contribution in [0, 0.1) is 0 Å². The Hall–Kier alpha value is -2.83. The number of aromatic nitrogens is 3.